The van der Waals surface area contributed by atoms with Crippen molar-refractivity contribution in [3.05, 3.63) is 59.3 Å². The zero-order chi connectivity index (χ0) is 22.1. The Kier molecular flexibility index (Phi) is 5.83. The predicted octanol–water partition coefficient (Wildman–Crippen LogP) is 4.08. The van der Waals surface area contributed by atoms with E-state index in [1.165, 1.54) is 12.1 Å². The van der Waals surface area contributed by atoms with Crippen molar-refractivity contribution in [2.24, 2.45) is 0 Å². The fourth-order valence-electron chi connectivity index (χ4n) is 2.84. The molecule has 0 saturated heterocycles. The summed E-state index contributed by atoms with van der Waals surface area (Å²) in [6.07, 6.45) is 0. The smallest absolute Gasteiger partial charge is 0.379 e. The Labute approximate surface area is 168 Å². The van der Waals surface area contributed by atoms with Crippen LogP contribution in [0.2, 0.25) is 0 Å². The number of carboxylic acid groups (broad SMARTS) is 1. The number of ether oxygens (including phenoxy) is 1. The molecule has 1 aromatic heterocycles. The van der Waals surface area contributed by atoms with Gasteiger partial charge in [-0.25, -0.2) is 9.78 Å². The minimum absolute atomic E-state index is 0.0805. The lowest BCUT2D eigenvalue weighted by Gasteiger charge is -2.14. The van der Waals surface area contributed by atoms with Crippen LogP contribution in [0.3, 0.4) is 0 Å². The van der Waals surface area contributed by atoms with Crippen molar-refractivity contribution >= 4 is 27.0 Å². The van der Waals surface area contributed by atoms with Gasteiger partial charge in [0.25, 0.3) is 0 Å². The van der Waals surface area contributed by atoms with Crippen LogP contribution in [-0.4, -0.2) is 31.2 Å². The highest BCUT2D eigenvalue weighted by atomic mass is 32.2. The molecule has 0 fully saturated rings. The summed E-state index contributed by atoms with van der Waals surface area (Å²) in [6, 6.07) is 11.1. The van der Waals surface area contributed by atoms with Crippen molar-refractivity contribution < 1.29 is 40.4 Å². The molecule has 4 aliphatic rings. The molecule has 4 aliphatic heterocycles. The van der Waals surface area contributed by atoms with Crippen LogP contribution in [0.15, 0.2) is 47.4 Å². The summed E-state index contributed by atoms with van der Waals surface area (Å²) in [6.45, 7) is -1.89. The van der Waals surface area contributed by atoms with Gasteiger partial charge in [0.15, 0.2) is 11.4 Å². The second kappa shape index (κ2) is 8.19. The molecule has 30 heavy (non-hydrogen) atoms. The number of aromatic nitrogens is 1. The first-order chi connectivity index (χ1) is 14.1. The van der Waals surface area contributed by atoms with E-state index in [0.29, 0.717) is 22.2 Å². The zero-order valence-electron chi connectivity index (χ0n) is 15.3. The normalized spacial score (nSPS) is 14.2. The number of rotatable bonds is 1. The fraction of sp³-hybridized carbons (Fsp3) is 0.158. The monoisotopic (exact) mass is 441 g/mol. The molecule has 0 amide bonds. The molecule has 2 aromatic carbocycles. The molecule has 0 spiro atoms. The third-order valence-electron chi connectivity index (χ3n) is 4.18. The average molecular weight is 441 g/mol. The summed E-state index contributed by atoms with van der Waals surface area (Å²) in [5, 5.41) is 10.1. The molecule has 0 unspecified atom stereocenters. The summed E-state index contributed by atoms with van der Waals surface area (Å²) in [7, 11) is -4.21. The summed E-state index contributed by atoms with van der Waals surface area (Å²) in [4.78, 5) is 15.7. The molecule has 1 N–H and O–H groups in total. The van der Waals surface area contributed by atoms with Crippen molar-refractivity contribution in [3.8, 4) is 11.5 Å². The summed E-state index contributed by atoms with van der Waals surface area (Å²) in [5.74, 6) is -1.28. The number of alkyl halides is 3. The van der Waals surface area contributed by atoms with Crippen LogP contribution >= 0.6 is 0 Å². The number of para-hydroxylation sites is 1. The lowest BCUT2D eigenvalue weighted by molar-refractivity contribution is 0.00817. The van der Waals surface area contributed by atoms with Gasteiger partial charge in [-0.05, 0) is 30.7 Å². The minimum atomic E-state index is -4.21. The first-order valence-electron chi connectivity index (χ1n) is 8.35. The van der Waals surface area contributed by atoms with E-state index >= 15 is 0 Å². The molecule has 7 rings (SSSR count). The Morgan fingerprint density at radius 2 is 1.77 bits per heavy atom. The molecular formula is C19H14F3NO6S. The second-order valence-electron chi connectivity index (χ2n) is 6.09. The summed E-state index contributed by atoms with van der Waals surface area (Å²) >= 11 is 0. The maximum Gasteiger partial charge on any atom is 0.379 e. The van der Waals surface area contributed by atoms with E-state index in [4.69, 9.17) is 8.92 Å². The average Bonchev–Trinajstić information content (AvgIpc) is 2.69. The number of nitrogens with zero attached hydrogens (tertiary/aromatic N) is 1. The highest BCUT2D eigenvalue weighted by Gasteiger charge is 2.27. The number of pyridine rings is 1. The van der Waals surface area contributed by atoms with E-state index in [9.17, 15) is 31.5 Å². The Hall–Kier alpha value is -3.34. The number of hydrogen-bond donors (Lipinski definition) is 1. The molecule has 0 atom stereocenters. The van der Waals surface area contributed by atoms with E-state index in [1.807, 2.05) is 0 Å². The van der Waals surface area contributed by atoms with Crippen LogP contribution in [0.1, 0.15) is 21.6 Å². The van der Waals surface area contributed by atoms with E-state index in [2.05, 4.69) is 4.98 Å². The van der Waals surface area contributed by atoms with E-state index in [0.717, 1.165) is 5.56 Å². The Balaban J connectivity index is 0.000000589. The van der Waals surface area contributed by atoms with E-state index < -0.39 is 28.5 Å². The van der Waals surface area contributed by atoms with E-state index in [1.54, 1.807) is 37.3 Å². The first-order valence-corrected chi connectivity index (χ1v) is 9.76. The van der Waals surface area contributed by atoms with Crippen LogP contribution < -0.4 is 8.92 Å². The maximum atomic E-state index is 12.6. The quantitative estimate of drug-likeness (QED) is 0.568. The van der Waals surface area contributed by atoms with Gasteiger partial charge < -0.3 is 14.0 Å². The topological polar surface area (TPSA) is 103 Å². The number of aryl methyl sites for hydroxylation is 1. The van der Waals surface area contributed by atoms with Gasteiger partial charge in [-0.15, -0.1) is 0 Å². The van der Waals surface area contributed by atoms with Crippen molar-refractivity contribution in [2.45, 2.75) is 25.1 Å². The van der Waals surface area contributed by atoms with Gasteiger partial charge in [0.2, 0.25) is 0 Å². The van der Waals surface area contributed by atoms with Gasteiger partial charge in [0.05, 0.1) is 0 Å². The zero-order valence-corrected chi connectivity index (χ0v) is 16.1. The maximum absolute atomic E-state index is 12.6. The molecule has 3 aromatic rings. The highest BCUT2D eigenvalue weighted by molar-refractivity contribution is 7.87. The Bertz CT molecular complexity index is 1210. The molecule has 6 bridgehead atoms. The minimum Gasteiger partial charge on any atom is -0.487 e. The molecule has 158 valence electrons. The SMILES string of the molecule is Cc1c2c(C(=O)O)nc3c(cccc13)OCc1ccc(cc1)S(=O)(=O)O2.FC(F)F. The third kappa shape index (κ3) is 4.30. The molecule has 7 nitrogen and oxygen atoms in total. The molecule has 0 saturated carbocycles. The van der Waals surface area contributed by atoms with Crippen LogP contribution in [0.5, 0.6) is 11.5 Å². The van der Waals surface area contributed by atoms with Crippen LogP contribution in [0.25, 0.3) is 10.9 Å². The number of halogens is 3. The van der Waals surface area contributed by atoms with Crippen LogP contribution in [0.4, 0.5) is 13.2 Å². The number of carbonyl (C=O) groups is 1. The predicted molar refractivity (Wildman–Crippen MR) is 99.1 cm³/mol. The summed E-state index contributed by atoms with van der Waals surface area (Å²) in [5.41, 5.74) is 0.967. The highest BCUT2D eigenvalue weighted by Crippen LogP contribution is 2.36. The lowest BCUT2D eigenvalue weighted by Crippen LogP contribution is -2.15. The molecular weight excluding hydrogens is 427 g/mol. The largest absolute Gasteiger partial charge is 0.487 e. The fourth-order valence-corrected chi connectivity index (χ4v) is 3.83. The van der Waals surface area contributed by atoms with Crippen molar-refractivity contribution in [1.82, 2.24) is 4.98 Å². The first kappa shape index (κ1) is 21.4. The van der Waals surface area contributed by atoms with Crippen molar-refractivity contribution in [2.75, 3.05) is 0 Å². The molecule has 11 heteroatoms. The second-order valence-corrected chi connectivity index (χ2v) is 7.64. The number of carboxylic acids is 1. The van der Waals surface area contributed by atoms with Crippen molar-refractivity contribution in [3.63, 3.8) is 0 Å². The van der Waals surface area contributed by atoms with Gasteiger partial charge in [-0.1, -0.05) is 24.3 Å². The molecule has 0 radical (unpaired) electrons. The van der Waals surface area contributed by atoms with Gasteiger partial charge >= 0.3 is 22.8 Å². The number of benzene rings is 2. The van der Waals surface area contributed by atoms with Gasteiger partial charge in [-0.3, -0.25) is 0 Å². The standard InChI is InChI=1S/C18H13NO6S.CHF3/c1-10-13-3-2-4-14-15(13)19-16(18(20)21)17(10)25-26(22,23)12-7-5-11(6-8-12)9-24-14;2-1(3)4/h2-8H,9H2,1H3,(H,20,21);1H. The summed E-state index contributed by atoms with van der Waals surface area (Å²) < 4.78 is 65.2. The van der Waals surface area contributed by atoms with Gasteiger partial charge in [0, 0.05) is 10.9 Å². The van der Waals surface area contributed by atoms with Gasteiger partial charge in [0.1, 0.15) is 22.8 Å². The third-order valence-corrected chi connectivity index (χ3v) is 5.42. The number of aromatic carboxylic acids is 1. The van der Waals surface area contributed by atoms with Crippen LogP contribution in [-0.2, 0) is 16.7 Å². The Morgan fingerprint density at radius 1 is 1.13 bits per heavy atom. The lowest BCUT2D eigenvalue weighted by atomic mass is 10.1. The van der Waals surface area contributed by atoms with Gasteiger partial charge in [-0.2, -0.15) is 21.6 Å². The number of hydrogen-bond acceptors (Lipinski definition) is 6. The van der Waals surface area contributed by atoms with Crippen molar-refractivity contribution in [1.29, 1.82) is 0 Å². The molecule has 0 aliphatic carbocycles. The molecule has 5 heterocycles. The van der Waals surface area contributed by atoms with E-state index in [-0.39, 0.29) is 17.3 Å². The Morgan fingerprint density at radius 3 is 2.37 bits per heavy atom. The van der Waals surface area contributed by atoms with Crippen LogP contribution in [0, 0.1) is 6.92 Å².